The average Bonchev–Trinajstić information content (AvgIpc) is 3.09. The third kappa shape index (κ3) is 2.08. The standard InChI is InChI=1S/C14H16BrNO2/c1-14(2)8-16(6-10-7-18-10)13(17)11-5-9(15)3-4-12(11)14/h3-5,10H,6-8H2,1-2H3. The van der Waals surface area contributed by atoms with Crippen molar-refractivity contribution in [2.45, 2.75) is 25.4 Å². The summed E-state index contributed by atoms with van der Waals surface area (Å²) in [7, 11) is 0. The quantitative estimate of drug-likeness (QED) is 0.787. The molecule has 2 aliphatic heterocycles. The van der Waals surface area contributed by atoms with E-state index in [-0.39, 0.29) is 17.4 Å². The lowest BCUT2D eigenvalue weighted by Crippen LogP contribution is -2.48. The van der Waals surface area contributed by atoms with Gasteiger partial charge in [-0.2, -0.15) is 0 Å². The van der Waals surface area contributed by atoms with Crippen molar-refractivity contribution in [3.63, 3.8) is 0 Å². The Balaban J connectivity index is 2.00. The molecule has 3 nitrogen and oxygen atoms in total. The molecule has 2 aliphatic rings. The molecule has 0 radical (unpaired) electrons. The van der Waals surface area contributed by atoms with Crippen molar-refractivity contribution in [3.8, 4) is 0 Å². The lowest BCUT2D eigenvalue weighted by atomic mass is 9.78. The van der Waals surface area contributed by atoms with Crippen LogP contribution in [0.15, 0.2) is 22.7 Å². The van der Waals surface area contributed by atoms with Gasteiger partial charge < -0.3 is 9.64 Å². The lowest BCUT2D eigenvalue weighted by molar-refractivity contribution is 0.0673. The molecule has 0 aromatic heterocycles. The molecule has 1 aromatic rings. The van der Waals surface area contributed by atoms with Crippen molar-refractivity contribution in [3.05, 3.63) is 33.8 Å². The second-order valence-electron chi connectivity index (χ2n) is 5.71. The summed E-state index contributed by atoms with van der Waals surface area (Å²) in [4.78, 5) is 14.4. The summed E-state index contributed by atoms with van der Waals surface area (Å²) in [6, 6.07) is 6.00. The molecule has 0 saturated carbocycles. The minimum atomic E-state index is -0.00116. The lowest BCUT2D eigenvalue weighted by Gasteiger charge is -2.39. The molecule has 3 rings (SSSR count). The van der Waals surface area contributed by atoms with Crippen LogP contribution in [0.2, 0.25) is 0 Å². The molecule has 1 aromatic carbocycles. The van der Waals surface area contributed by atoms with Gasteiger partial charge in [0.05, 0.1) is 12.7 Å². The molecule has 0 aliphatic carbocycles. The maximum atomic E-state index is 12.5. The summed E-state index contributed by atoms with van der Waals surface area (Å²) in [5.41, 5.74) is 1.96. The van der Waals surface area contributed by atoms with Crippen LogP contribution in [0.3, 0.4) is 0 Å². The van der Waals surface area contributed by atoms with E-state index in [1.807, 2.05) is 17.0 Å². The summed E-state index contributed by atoms with van der Waals surface area (Å²) in [5.74, 6) is 0.126. The fourth-order valence-corrected chi connectivity index (χ4v) is 3.02. The monoisotopic (exact) mass is 309 g/mol. The fraction of sp³-hybridized carbons (Fsp3) is 0.500. The van der Waals surface area contributed by atoms with E-state index >= 15 is 0 Å². The Morgan fingerprint density at radius 2 is 2.22 bits per heavy atom. The minimum absolute atomic E-state index is 0.00116. The first-order valence-corrected chi connectivity index (χ1v) is 6.97. The fourth-order valence-electron chi connectivity index (χ4n) is 2.65. The van der Waals surface area contributed by atoms with E-state index in [0.29, 0.717) is 6.54 Å². The number of fused-ring (bicyclic) bond motifs is 1. The zero-order valence-electron chi connectivity index (χ0n) is 10.6. The SMILES string of the molecule is CC1(C)CN(CC2CO2)C(=O)c2cc(Br)ccc21. The molecule has 1 saturated heterocycles. The molecule has 0 spiro atoms. The van der Waals surface area contributed by atoms with Crippen LogP contribution in [-0.2, 0) is 10.2 Å². The second kappa shape index (κ2) is 4.07. The van der Waals surface area contributed by atoms with Crippen molar-refractivity contribution in [1.82, 2.24) is 4.90 Å². The molecule has 1 fully saturated rings. The highest BCUT2D eigenvalue weighted by atomic mass is 79.9. The van der Waals surface area contributed by atoms with Crippen LogP contribution in [0, 0.1) is 0 Å². The van der Waals surface area contributed by atoms with Gasteiger partial charge >= 0.3 is 0 Å². The van der Waals surface area contributed by atoms with Gasteiger partial charge in [0.1, 0.15) is 0 Å². The van der Waals surface area contributed by atoms with Crippen LogP contribution in [-0.4, -0.2) is 36.6 Å². The van der Waals surface area contributed by atoms with Gasteiger partial charge in [0, 0.05) is 28.5 Å². The van der Waals surface area contributed by atoms with Crippen LogP contribution in [0.4, 0.5) is 0 Å². The van der Waals surface area contributed by atoms with Crippen molar-refractivity contribution < 1.29 is 9.53 Å². The number of carbonyl (C=O) groups excluding carboxylic acids is 1. The topological polar surface area (TPSA) is 32.8 Å². The third-order valence-corrected chi connectivity index (χ3v) is 4.13. The highest BCUT2D eigenvalue weighted by molar-refractivity contribution is 9.10. The number of epoxide rings is 1. The van der Waals surface area contributed by atoms with Gasteiger partial charge in [-0.15, -0.1) is 0 Å². The second-order valence-corrected chi connectivity index (χ2v) is 6.63. The molecule has 1 unspecified atom stereocenters. The zero-order chi connectivity index (χ0) is 12.9. The van der Waals surface area contributed by atoms with Crippen LogP contribution in [0.1, 0.15) is 29.8 Å². The first kappa shape index (κ1) is 12.2. The highest BCUT2D eigenvalue weighted by Gasteiger charge is 2.39. The van der Waals surface area contributed by atoms with Crippen LogP contribution < -0.4 is 0 Å². The Labute approximate surface area is 115 Å². The molecular weight excluding hydrogens is 294 g/mol. The third-order valence-electron chi connectivity index (χ3n) is 3.64. The Hall–Kier alpha value is -0.870. The Bertz CT molecular complexity index is 509. The van der Waals surface area contributed by atoms with Gasteiger partial charge in [0.25, 0.3) is 5.91 Å². The van der Waals surface area contributed by atoms with Crippen molar-refractivity contribution >= 4 is 21.8 Å². The summed E-state index contributed by atoms with van der Waals surface area (Å²) in [6.07, 6.45) is 0.249. The normalized spacial score (nSPS) is 24.9. The summed E-state index contributed by atoms with van der Waals surface area (Å²) in [6.45, 7) is 6.64. The Kier molecular flexibility index (Phi) is 2.75. The number of amides is 1. The molecule has 2 heterocycles. The minimum Gasteiger partial charge on any atom is -0.371 e. The molecular formula is C14H16BrNO2. The van der Waals surface area contributed by atoms with E-state index in [1.165, 1.54) is 0 Å². The largest absolute Gasteiger partial charge is 0.371 e. The Morgan fingerprint density at radius 1 is 1.50 bits per heavy atom. The maximum Gasteiger partial charge on any atom is 0.254 e. The molecule has 1 atom stereocenters. The molecule has 1 amide bonds. The van der Waals surface area contributed by atoms with Gasteiger partial charge in [-0.1, -0.05) is 35.8 Å². The Morgan fingerprint density at radius 3 is 2.89 bits per heavy atom. The predicted molar refractivity (Wildman–Crippen MR) is 72.8 cm³/mol. The first-order valence-electron chi connectivity index (χ1n) is 6.18. The van der Waals surface area contributed by atoms with Gasteiger partial charge in [-0.25, -0.2) is 0 Å². The summed E-state index contributed by atoms with van der Waals surface area (Å²) in [5, 5.41) is 0. The van der Waals surface area contributed by atoms with Gasteiger partial charge in [-0.05, 0) is 17.7 Å². The number of rotatable bonds is 2. The average molecular weight is 310 g/mol. The van der Waals surface area contributed by atoms with E-state index in [9.17, 15) is 4.79 Å². The van der Waals surface area contributed by atoms with Crippen LogP contribution >= 0.6 is 15.9 Å². The molecule has 4 heteroatoms. The summed E-state index contributed by atoms with van der Waals surface area (Å²) >= 11 is 3.44. The number of halogens is 1. The van der Waals surface area contributed by atoms with E-state index in [4.69, 9.17) is 4.74 Å². The van der Waals surface area contributed by atoms with E-state index in [1.54, 1.807) is 0 Å². The summed E-state index contributed by atoms with van der Waals surface area (Å²) < 4.78 is 6.19. The first-order chi connectivity index (χ1) is 8.47. The van der Waals surface area contributed by atoms with E-state index in [0.717, 1.165) is 28.8 Å². The van der Waals surface area contributed by atoms with E-state index in [2.05, 4.69) is 35.8 Å². The van der Waals surface area contributed by atoms with E-state index < -0.39 is 0 Å². The van der Waals surface area contributed by atoms with Gasteiger partial charge in [-0.3, -0.25) is 4.79 Å². The smallest absolute Gasteiger partial charge is 0.254 e. The van der Waals surface area contributed by atoms with Gasteiger partial charge in [0.15, 0.2) is 0 Å². The predicted octanol–water partition coefficient (Wildman–Crippen LogP) is 2.58. The van der Waals surface area contributed by atoms with Crippen LogP contribution in [0.5, 0.6) is 0 Å². The molecule has 0 N–H and O–H groups in total. The number of ether oxygens (including phenoxy) is 1. The van der Waals surface area contributed by atoms with Gasteiger partial charge in [0.2, 0.25) is 0 Å². The van der Waals surface area contributed by atoms with Crippen molar-refractivity contribution in [2.75, 3.05) is 19.7 Å². The van der Waals surface area contributed by atoms with Crippen molar-refractivity contribution in [2.24, 2.45) is 0 Å². The van der Waals surface area contributed by atoms with Crippen molar-refractivity contribution in [1.29, 1.82) is 0 Å². The number of carbonyl (C=O) groups is 1. The number of hydrogen-bond acceptors (Lipinski definition) is 2. The number of nitrogens with zero attached hydrogens (tertiary/aromatic N) is 1. The van der Waals surface area contributed by atoms with Crippen LogP contribution in [0.25, 0.3) is 0 Å². The maximum absolute atomic E-state index is 12.5. The molecule has 0 bridgehead atoms. The zero-order valence-corrected chi connectivity index (χ0v) is 12.2. The molecule has 18 heavy (non-hydrogen) atoms. The number of benzene rings is 1. The molecule has 96 valence electrons. The highest BCUT2D eigenvalue weighted by Crippen LogP contribution is 2.35. The number of hydrogen-bond donors (Lipinski definition) is 0.